The molecule has 0 aliphatic heterocycles. The van der Waals surface area contributed by atoms with Gasteiger partial charge in [0.05, 0.1) is 12.1 Å². The molecule has 1 fully saturated rings. The third kappa shape index (κ3) is 2.59. The van der Waals surface area contributed by atoms with Crippen molar-refractivity contribution in [2.45, 2.75) is 30.1 Å². The molecule has 2 atom stereocenters. The van der Waals surface area contributed by atoms with E-state index < -0.39 is 11.4 Å². The predicted molar refractivity (Wildman–Crippen MR) is 53.3 cm³/mol. The second-order valence-corrected chi connectivity index (χ2v) is 4.89. The highest BCUT2D eigenvalue weighted by molar-refractivity contribution is 7.99. The summed E-state index contributed by atoms with van der Waals surface area (Å²) in [7, 11) is 0. The van der Waals surface area contributed by atoms with Crippen molar-refractivity contribution in [1.29, 1.82) is 0 Å². The van der Waals surface area contributed by atoms with E-state index in [1.165, 1.54) is 0 Å². The lowest BCUT2D eigenvalue weighted by Gasteiger charge is -2.19. The molecule has 5 N–H and O–H groups in total. The molecular formula is C8H16N2O2S. The highest BCUT2D eigenvalue weighted by atomic mass is 32.2. The summed E-state index contributed by atoms with van der Waals surface area (Å²) in [4.78, 5) is 11.0. The molecule has 0 radical (unpaired) electrons. The topological polar surface area (TPSA) is 89.3 Å². The number of primary amides is 1. The van der Waals surface area contributed by atoms with Crippen molar-refractivity contribution < 1.29 is 9.90 Å². The summed E-state index contributed by atoms with van der Waals surface area (Å²) in [6.45, 7) is 0.176. The molecule has 0 heterocycles. The van der Waals surface area contributed by atoms with E-state index in [2.05, 4.69) is 0 Å². The van der Waals surface area contributed by atoms with Gasteiger partial charge in [0.2, 0.25) is 5.91 Å². The van der Waals surface area contributed by atoms with Crippen LogP contribution in [0, 0.1) is 0 Å². The van der Waals surface area contributed by atoms with Gasteiger partial charge in [-0.25, -0.2) is 0 Å². The normalized spacial score (nSPS) is 33.5. The summed E-state index contributed by atoms with van der Waals surface area (Å²) in [5.41, 5.74) is 10.2. The standard InChI is InChI=1S/C8H16N2O2S/c9-7(12)8(10)2-1-6(5-8)13-4-3-11/h6,11H,1-5,10H2,(H2,9,12). The molecule has 1 saturated carbocycles. The summed E-state index contributed by atoms with van der Waals surface area (Å²) in [5.74, 6) is 0.305. The minimum atomic E-state index is -0.798. The third-order valence-electron chi connectivity index (χ3n) is 2.44. The van der Waals surface area contributed by atoms with E-state index in [1.54, 1.807) is 11.8 Å². The smallest absolute Gasteiger partial charge is 0.237 e. The minimum absolute atomic E-state index is 0.176. The van der Waals surface area contributed by atoms with E-state index in [0.29, 0.717) is 23.8 Å². The fraction of sp³-hybridized carbons (Fsp3) is 0.875. The number of hydrogen-bond acceptors (Lipinski definition) is 4. The first kappa shape index (κ1) is 10.8. The number of aliphatic hydroxyl groups excluding tert-OH is 1. The number of carbonyl (C=O) groups is 1. The molecule has 1 aliphatic carbocycles. The molecule has 1 aliphatic rings. The molecule has 0 spiro atoms. The molecule has 2 unspecified atom stereocenters. The highest BCUT2D eigenvalue weighted by Crippen LogP contribution is 2.35. The van der Waals surface area contributed by atoms with Crippen molar-refractivity contribution in [3.8, 4) is 0 Å². The van der Waals surface area contributed by atoms with Crippen molar-refractivity contribution in [1.82, 2.24) is 0 Å². The number of nitrogens with two attached hydrogens (primary N) is 2. The zero-order valence-electron chi connectivity index (χ0n) is 7.53. The van der Waals surface area contributed by atoms with Gasteiger partial charge in [0, 0.05) is 11.0 Å². The SMILES string of the molecule is NC(=O)C1(N)CCC(SCCO)C1. The number of rotatable bonds is 4. The lowest BCUT2D eigenvalue weighted by atomic mass is 9.99. The number of carbonyl (C=O) groups excluding carboxylic acids is 1. The Hall–Kier alpha value is -0.260. The first-order chi connectivity index (χ1) is 6.08. The Bertz CT molecular complexity index is 201. The van der Waals surface area contributed by atoms with Gasteiger partial charge in [-0.2, -0.15) is 11.8 Å². The van der Waals surface area contributed by atoms with Crippen LogP contribution in [-0.4, -0.2) is 34.2 Å². The van der Waals surface area contributed by atoms with Crippen molar-refractivity contribution in [2.75, 3.05) is 12.4 Å². The molecule has 76 valence electrons. The lowest BCUT2D eigenvalue weighted by Crippen LogP contribution is -2.50. The van der Waals surface area contributed by atoms with Gasteiger partial charge in [0.15, 0.2) is 0 Å². The summed E-state index contributed by atoms with van der Waals surface area (Å²) in [5, 5.41) is 9.00. The summed E-state index contributed by atoms with van der Waals surface area (Å²) < 4.78 is 0. The Morgan fingerprint density at radius 2 is 2.38 bits per heavy atom. The second kappa shape index (κ2) is 4.30. The van der Waals surface area contributed by atoms with Gasteiger partial charge in [0.1, 0.15) is 0 Å². The molecule has 13 heavy (non-hydrogen) atoms. The summed E-state index contributed by atoms with van der Waals surface area (Å²) in [6, 6.07) is 0. The molecule has 0 bridgehead atoms. The predicted octanol–water partition coefficient (Wildman–Crippen LogP) is -0.553. The Balaban J connectivity index is 2.39. The molecule has 0 aromatic carbocycles. The number of thioether (sulfide) groups is 1. The van der Waals surface area contributed by atoms with E-state index in [9.17, 15) is 4.79 Å². The van der Waals surface area contributed by atoms with E-state index in [-0.39, 0.29) is 6.61 Å². The van der Waals surface area contributed by atoms with E-state index >= 15 is 0 Å². The van der Waals surface area contributed by atoms with Crippen molar-refractivity contribution in [3.05, 3.63) is 0 Å². The largest absolute Gasteiger partial charge is 0.396 e. The average Bonchev–Trinajstić information content (AvgIpc) is 2.45. The van der Waals surface area contributed by atoms with Crippen LogP contribution in [0.3, 0.4) is 0 Å². The highest BCUT2D eigenvalue weighted by Gasteiger charge is 2.40. The molecule has 0 aromatic rings. The quantitative estimate of drug-likeness (QED) is 0.573. The fourth-order valence-corrected chi connectivity index (χ4v) is 2.75. The van der Waals surface area contributed by atoms with Crippen molar-refractivity contribution in [2.24, 2.45) is 11.5 Å². The van der Waals surface area contributed by atoms with Crippen LogP contribution in [0.15, 0.2) is 0 Å². The number of hydrogen-bond donors (Lipinski definition) is 3. The first-order valence-electron chi connectivity index (χ1n) is 4.40. The molecule has 0 aromatic heterocycles. The zero-order valence-corrected chi connectivity index (χ0v) is 8.35. The Morgan fingerprint density at radius 1 is 1.69 bits per heavy atom. The van der Waals surface area contributed by atoms with Crippen LogP contribution in [0.25, 0.3) is 0 Å². The summed E-state index contributed by atoms with van der Waals surface area (Å²) in [6.07, 6.45) is 2.24. The van der Waals surface area contributed by atoms with Gasteiger partial charge in [0.25, 0.3) is 0 Å². The fourth-order valence-electron chi connectivity index (χ4n) is 1.61. The first-order valence-corrected chi connectivity index (χ1v) is 5.44. The van der Waals surface area contributed by atoms with Gasteiger partial charge in [-0.05, 0) is 19.3 Å². The molecule has 4 nitrogen and oxygen atoms in total. The van der Waals surface area contributed by atoms with E-state index in [0.717, 1.165) is 6.42 Å². The van der Waals surface area contributed by atoms with Crippen LogP contribution in [0.4, 0.5) is 0 Å². The van der Waals surface area contributed by atoms with Gasteiger partial charge >= 0.3 is 0 Å². The minimum Gasteiger partial charge on any atom is -0.396 e. The Kier molecular flexibility index (Phi) is 3.58. The van der Waals surface area contributed by atoms with Crippen LogP contribution < -0.4 is 11.5 Å². The van der Waals surface area contributed by atoms with Crippen LogP contribution in [0.1, 0.15) is 19.3 Å². The van der Waals surface area contributed by atoms with Crippen LogP contribution >= 0.6 is 11.8 Å². The maximum absolute atomic E-state index is 11.0. The molecule has 5 heteroatoms. The van der Waals surface area contributed by atoms with Gasteiger partial charge in [-0.3, -0.25) is 4.79 Å². The monoisotopic (exact) mass is 204 g/mol. The Labute approximate surface area is 82.0 Å². The molecule has 1 amide bonds. The second-order valence-electron chi connectivity index (χ2n) is 3.48. The Morgan fingerprint density at radius 3 is 2.85 bits per heavy atom. The van der Waals surface area contributed by atoms with Crippen LogP contribution in [0.5, 0.6) is 0 Å². The van der Waals surface area contributed by atoms with Gasteiger partial charge < -0.3 is 16.6 Å². The van der Waals surface area contributed by atoms with E-state index in [1.807, 2.05) is 0 Å². The maximum Gasteiger partial charge on any atom is 0.237 e. The zero-order chi connectivity index (χ0) is 9.90. The summed E-state index contributed by atoms with van der Waals surface area (Å²) >= 11 is 1.67. The third-order valence-corrected chi connectivity index (χ3v) is 3.73. The molecule has 1 rings (SSSR count). The maximum atomic E-state index is 11.0. The number of aliphatic hydroxyl groups is 1. The average molecular weight is 204 g/mol. The molecular weight excluding hydrogens is 188 g/mol. The van der Waals surface area contributed by atoms with Crippen LogP contribution in [0.2, 0.25) is 0 Å². The van der Waals surface area contributed by atoms with Gasteiger partial charge in [-0.15, -0.1) is 0 Å². The van der Waals surface area contributed by atoms with Crippen molar-refractivity contribution >= 4 is 17.7 Å². The van der Waals surface area contributed by atoms with E-state index in [4.69, 9.17) is 16.6 Å². The van der Waals surface area contributed by atoms with Crippen LogP contribution in [-0.2, 0) is 4.79 Å². The van der Waals surface area contributed by atoms with Gasteiger partial charge in [-0.1, -0.05) is 0 Å². The lowest BCUT2D eigenvalue weighted by molar-refractivity contribution is -0.122. The number of amides is 1. The van der Waals surface area contributed by atoms with Crippen molar-refractivity contribution in [3.63, 3.8) is 0 Å². The molecule has 0 saturated heterocycles.